The Balaban J connectivity index is 2.44. The van der Waals surface area contributed by atoms with Crippen molar-refractivity contribution in [1.82, 2.24) is 15.0 Å². The third-order valence-electron chi connectivity index (χ3n) is 1.69. The molecule has 1 saturated carbocycles. The number of carbonyl (C=O) groups excluding carboxylic acids is 1. The number of carbonyl (C=O) groups is 1. The van der Waals surface area contributed by atoms with Crippen molar-refractivity contribution in [2.24, 2.45) is 0 Å². The van der Waals surface area contributed by atoms with E-state index in [-0.39, 0.29) is 0 Å². The van der Waals surface area contributed by atoms with E-state index in [0.717, 1.165) is 19.1 Å². The van der Waals surface area contributed by atoms with Crippen LogP contribution < -0.4 is 0 Å². The fourth-order valence-corrected chi connectivity index (χ4v) is 1.32. The van der Waals surface area contributed by atoms with Gasteiger partial charge in [0.1, 0.15) is 5.69 Å². The van der Waals surface area contributed by atoms with E-state index in [1.165, 1.54) is 0 Å². The summed E-state index contributed by atoms with van der Waals surface area (Å²) in [6, 6.07) is 0.411. The number of halogens is 1. The third-order valence-corrected chi connectivity index (χ3v) is 2.26. The minimum absolute atomic E-state index is 0.411. The predicted molar refractivity (Wildman–Crippen MR) is 41.4 cm³/mol. The average molecular weight is 216 g/mol. The van der Waals surface area contributed by atoms with Crippen LogP contribution in [0.2, 0.25) is 0 Å². The van der Waals surface area contributed by atoms with Crippen molar-refractivity contribution in [3.63, 3.8) is 0 Å². The van der Waals surface area contributed by atoms with Gasteiger partial charge in [-0.15, -0.1) is 5.10 Å². The standard InChI is InChI=1S/C6H6BrN3O/c7-6-5(3-11)10(9-8-6)4-1-2-4/h3-4H,1-2H2. The monoisotopic (exact) mass is 215 g/mol. The van der Waals surface area contributed by atoms with Crippen molar-refractivity contribution >= 4 is 22.2 Å². The van der Waals surface area contributed by atoms with Crippen molar-refractivity contribution in [2.75, 3.05) is 0 Å². The van der Waals surface area contributed by atoms with Gasteiger partial charge in [-0.25, -0.2) is 4.68 Å². The van der Waals surface area contributed by atoms with Gasteiger partial charge in [-0.1, -0.05) is 5.21 Å². The molecule has 4 nitrogen and oxygen atoms in total. The van der Waals surface area contributed by atoms with Crippen LogP contribution in [0.15, 0.2) is 4.60 Å². The zero-order chi connectivity index (χ0) is 7.84. The Hall–Kier alpha value is -0.710. The van der Waals surface area contributed by atoms with Crippen molar-refractivity contribution in [2.45, 2.75) is 18.9 Å². The molecule has 0 amide bonds. The van der Waals surface area contributed by atoms with E-state index in [1.807, 2.05) is 0 Å². The number of aldehydes is 1. The molecule has 1 fully saturated rings. The Labute approximate surface area is 71.7 Å². The highest BCUT2D eigenvalue weighted by Crippen LogP contribution is 2.35. The molecule has 0 unspecified atom stereocenters. The molecule has 0 saturated heterocycles. The first-order valence-corrected chi connectivity index (χ1v) is 4.18. The van der Waals surface area contributed by atoms with E-state index in [9.17, 15) is 4.79 Å². The Morgan fingerprint density at radius 1 is 1.64 bits per heavy atom. The second kappa shape index (κ2) is 2.41. The molecule has 0 N–H and O–H groups in total. The number of hydrogen-bond donors (Lipinski definition) is 0. The molecule has 2 rings (SSSR count). The molecule has 0 aliphatic heterocycles. The van der Waals surface area contributed by atoms with Gasteiger partial charge >= 0.3 is 0 Å². The lowest BCUT2D eigenvalue weighted by atomic mass is 10.5. The van der Waals surface area contributed by atoms with Gasteiger partial charge in [0.2, 0.25) is 0 Å². The average Bonchev–Trinajstić information content (AvgIpc) is 2.76. The maximum atomic E-state index is 10.5. The summed E-state index contributed by atoms with van der Waals surface area (Å²) in [6.07, 6.45) is 3.00. The summed E-state index contributed by atoms with van der Waals surface area (Å²) in [5.74, 6) is 0. The first-order chi connectivity index (χ1) is 5.33. The molecule has 0 atom stereocenters. The second-order valence-electron chi connectivity index (χ2n) is 2.56. The van der Waals surface area contributed by atoms with Gasteiger partial charge < -0.3 is 0 Å². The summed E-state index contributed by atoms with van der Waals surface area (Å²) >= 11 is 3.15. The fourth-order valence-electron chi connectivity index (χ4n) is 0.973. The van der Waals surface area contributed by atoms with Crippen LogP contribution >= 0.6 is 15.9 Å². The Kier molecular flexibility index (Phi) is 1.52. The number of nitrogens with zero attached hydrogens (tertiary/aromatic N) is 3. The topological polar surface area (TPSA) is 47.8 Å². The zero-order valence-electron chi connectivity index (χ0n) is 5.70. The molecule has 0 radical (unpaired) electrons. The highest BCUT2D eigenvalue weighted by molar-refractivity contribution is 9.10. The first-order valence-electron chi connectivity index (χ1n) is 3.39. The summed E-state index contributed by atoms with van der Waals surface area (Å²) in [4.78, 5) is 10.5. The third kappa shape index (κ3) is 1.09. The lowest BCUT2D eigenvalue weighted by Crippen LogP contribution is -2.01. The van der Waals surface area contributed by atoms with E-state index < -0.39 is 0 Å². The Morgan fingerprint density at radius 2 is 2.36 bits per heavy atom. The van der Waals surface area contributed by atoms with E-state index in [1.54, 1.807) is 4.68 Å². The molecular formula is C6H6BrN3O. The van der Waals surface area contributed by atoms with Crippen molar-refractivity contribution in [1.29, 1.82) is 0 Å². The smallest absolute Gasteiger partial charge is 0.170 e. The van der Waals surface area contributed by atoms with Crippen molar-refractivity contribution in [3.8, 4) is 0 Å². The maximum Gasteiger partial charge on any atom is 0.170 e. The van der Waals surface area contributed by atoms with Gasteiger partial charge in [-0.3, -0.25) is 4.79 Å². The van der Waals surface area contributed by atoms with Crippen LogP contribution in [0, 0.1) is 0 Å². The van der Waals surface area contributed by atoms with Crippen LogP contribution in [-0.4, -0.2) is 21.3 Å². The molecular weight excluding hydrogens is 210 g/mol. The summed E-state index contributed by atoms with van der Waals surface area (Å²) in [7, 11) is 0. The van der Waals surface area contributed by atoms with Gasteiger partial charge in [-0.2, -0.15) is 0 Å². The minimum Gasteiger partial charge on any atom is -0.296 e. The lowest BCUT2D eigenvalue weighted by molar-refractivity contribution is 0.111. The van der Waals surface area contributed by atoms with Crippen molar-refractivity contribution in [3.05, 3.63) is 10.3 Å². The molecule has 1 aromatic rings. The molecule has 1 heterocycles. The molecule has 5 heteroatoms. The van der Waals surface area contributed by atoms with Gasteiger partial charge in [0, 0.05) is 0 Å². The summed E-state index contributed by atoms with van der Waals surface area (Å²) in [6.45, 7) is 0. The minimum atomic E-state index is 0.411. The van der Waals surface area contributed by atoms with Crippen molar-refractivity contribution < 1.29 is 4.79 Å². The zero-order valence-corrected chi connectivity index (χ0v) is 7.28. The summed E-state index contributed by atoms with van der Waals surface area (Å²) in [5.41, 5.74) is 0.549. The largest absolute Gasteiger partial charge is 0.296 e. The first kappa shape index (κ1) is 6.97. The normalized spacial score (nSPS) is 16.8. The fraction of sp³-hybridized carbons (Fsp3) is 0.500. The molecule has 1 aliphatic carbocycles. The number of hydrogen-bond acceptors (Lipinski definition) is 3. The van der Waals surface area contributed by atoms with Gasteiger partial charge in [-0.05, 0) is 28.8 Å². The van der Waals surface area contributed by atoms with Crippen LogP contribution in [0.25, 0.3) is 0 Å². The molecule has 1 aliphatic rings. The van der Waals surface area contributed by atoms with E-state index in [2.05, 4.69) is 26.2 Å². The van der Waals surface area contributed by atoms with E-state index in [4.69, 9.17) is 0 Å². The number of aromatic nitrogens is 3. The van der Waals surface area contributed by atoms with Gasteiger partial charge in [0.15, 0.2) is 10.9 Å². The van der Waals surface area contributed by atoms with Crippen LogP contribution in [0.3, 0.4) is 0 Å². The van der Waals surface area contributed by atoms with Gasteiger partial charge in [0.25, 0.3) is 0 Å². The molecule has 1 aromatic heterocycles. The SMILES string of the molecule is O=Cc1c(Br)nnn1C1CC1. The second-order valence-corrected chi connectivity index (χ2v) is 3.31. The molecule has 58 valence electrons. The van der Waals surface area contributed by atoms with Crippen LogP contribution in [0.1, 0.15) is 29.4 Å². The highest BCUT2D eigenvalue weighted by atomic mass is 79.9. The highest BCUT2D eigenvalue weighted by Gasteiger charge is 2.28. The molecule has 11 heavy (non-hydrogen) atoms. The van der Waals surface area contributed by atoms with Crippen LogP contribution in [0.4, 0.5) is 0 Å². The maximum absolute atomic E-state index is 10.5. The quantitative estimate of drug-likeness (QED) is 0.697. The van der Waals surface area contributed by atoms with Gasteiger partial charge in [0.05, 0.1) is 6.04 Å². The van der Waals surface area contributed by atoms with E-state index in [0.29, 0.717) is 16.3 Å². The predicted octanol–water partition coefficient (Wildman–Crippen LogP) is 1.19. The summed E-state index contributed by atoms with van der Waals surface area (Å²) in [5, 5.41) is 7.58. The molecule has 0 aromatic carbocycles. The lowest BCUT2D eigenvalue weighted by Gasteiger charge is -1.95. The van der Waals surface area contributed by atoms with Crippen LogP contribution in [0.5, 0.6) is 0 Å². The molecule has 0 bridgehead atoms. The number of rotatable bonds is 2. The molecule has 0 spiro atoms. The Morgan fingerprint density at radius 3 is 2.91 bits per heavy atom. The Bertz CT molecular complexity index is 292. The van der Waals surface area contributed by atoms with Crippen LogP contribution in [-0.2, 0) is 0 Å². The summed E-state index contributed by atoms with van der Waals surface area (Å²) < 4.78 is 2.22. The van der Waals surface area contributed by atoms with E-state index >= 15 is 0 Å².